The molecule has 0 spiro atoms. The molecule has 1 aliphatic heterocycles. The summed E-state index contributed by atoms with van der Waals surface area (Å²) in [5.74, 6) is 2.12. The predicted molar refractivity (Wildman–Crippen MR) is 95.6 cm³/mol. The van der Waals surface area contributed by atoms with Crippen LogP contribution in [0.3, 0.4) is 0 Å². The van der Waals surface area contributed by atoms with Gasteiger partial charge in [0, 0.05) is 25.3 Å². The zero-order valence-electron chi connectivity index (χ0n) is 14.9. The monoisotopic (exact) mass is 339 g/mol. The quantitative estimate of drug-likeness (QED) is 0.860. The summed E-state index contributed by atoms with van der Waals surface area (Å²) in [4.78, 5) is 14.7. The molecule has 4 rings (SSSR count). The van der Waals surface area contributed by atoms with Gasteiger partial charge < -0.3 is 9.64 Å². The van der Waals surface area contributed by atoms with Crippen molar-refractivity contribution < 1.29 is 9.53 Å². The molecule has 1 saturated heterocycles. The van der Waals surface area contributed by atoms with Gasteiger partial charge >= 0.3 is 0 Å². The fourth-order valence-corrected chi connectivity index (χ4v) is 4.29. The number of aryl methyl sites for hydroxylation is 2. The fraction of sp³-hybridized carbons (Fsp3) is 0.500. The number of nitrogens with zero attached hydrogens (tertiary/aromatic N) is 3. The van der Waals surface area contributed by atoms with Crippen LogP contribution >= 0.6 is 0 Å². The molecule has 1 unspecified atom stereocenters. The maximum atomic E-state index is 12.8. The number of carbonyl (C=O) groups is 1. The van der Waals surface area contributed by atoms with Crippen LogP contribution in [0.2, 0.25) is 0 Å². The average molecular weight is 339 g/mol. The maximum Gasteiger partial charge on any atom is 0.274 e. The van der Waals surface area contributed by atoms with E-state index in [1.165, 1.54) is 0 Å². The second kappa shape index (κ2) is 6.54. The lowest BCUT2D eigenvalue weighted by Crippen LogP contribution is -2.31. The number of para-hydroxylation sites is 1. The number of benzene rings is 1. The van der Waals surface area contributed by atoms with Crippen LogP contribution in [0.25, 0.3) is 0 Å². The third kappa shape index (κ3) is 3.15. The van der Waals surface area contributed by atoms with Gasteiger partial charge in [-0.25, -0.2) is 0 Å². The average Bonchev–Trinajstić information content (AvgIpc) is 3.27. The molecule has 3 atom stereocenters. The molecule has 0 radical (unpaired) electrons. The van der Waals surface area contributed by atoms with Crippen molar-refractivity contribution in [3.05, 3.63) is 47.8 Å². The Kier molecular flexibility index (Phi) is 4.24. The molecule has 2 aliphatic rings. The Morgan fingerprint density at radius 1 is 1.20 bits per heavy atom. The summed E-state index contributed by atoms with van der Waals surface area (Å²) in [5, 5.41) is 4.44. The summed E-state index contributed by atoms with van der Waals surface area (Å²) in [6.45, 7) is 6.49. The molecule has 2 fully saturated rings. The summed E-state index contributed by atoms with van der Waals surface area (Å²) < 4.78 is 7.99. The van der Waals surface area contributed by atoms with Gasteiger partial charge in [-0.1, -0.05) is 18.2 Å². The van der Waals surface area contributed by atoms with E-state index in [4.69, 9.17) is 4.74 Å². The van der Waals surface area contributed by atoms with Crippen LogP contribution in [0.15, 0.2) is 36.4 Å². The van der Waals surface area contributed by atoms with E-state index < -0.39 is 0 Å². The van der Waals surface area contributed by atoms with Crippen molar-refractivity contribution in [2.75, 3.05) is 13.1 Å². The number of hydrogen-bond donors (Lipinski definition) is 0. The number of rotatable bonds is 4. The highest BCUT2D eigenvalue weighted by Gasteiger charge is 2.43. The highest BCUT2D eigenvalue weighted by atomic mass is 16.5. The molecule has 132 valence electrons. The Balaban J connectivity index is 1.36. The molecule has 1 aromatic heterocycles. The second-order valence-electron chi connectivity index (χ2n) is 7.24. The van der Waals surface area contributed by atoms with Gasteiger partial charge in [0.05, 0.1) is 6.10 Å². The molecular weight excluding hydrogens is 314 g/mol. The molecule has 25 heavy (non-hydrogen) atoms. The standard InChI is InChI=1S/C20H25N3O2/c1-3-23-14(2)9-19(21-23)20(24)22-12-15-10-18(11-16(15)13-22)25-17-7-5-4-6-8-17/h4-9,15-16,18H,3,10-13H2,1-2H3/t15-,16+,18?. The normalized spacial score (nSPS) is 25.2. The number of amides is 1. The Morgan fingerprint density at radius 2 is 1.88 bits per heavy atom. The number of carbonyl (C=O) groups excluding carboxylic acids is 1. The Bertz CT molecular complexity index is 742. The molecule has 5 heteroatoms. The van der Waals surface area contributed by atoms with Gasteiger partial charge in [0.25, 0.3) is 5.91 Å². The van der Waals surface area contributed by atoms with Crippen molar-refractivity contribution in [1.82, 2.24) is 14.7 Å². The van der Waals surface area contributed by atoms with Crippen molar-refractivity contribution in [3.63, 3.8) is 0 Å². The molecule has 1 aromatic carbocycles. The summed E-state index contributed by atoms with van der Waals surface area (Å²) in [6, 6.07) is 11.9. The van der Waals surface area contributed by atoms with Gasteiger partial charge in [-0.05, 0) is 56.7 Å². The number of likely N-dealkylation sites (tertiary alicyclic amines) is 1. The van der Waals surface area contributed by atoms with Crippen LogP contribution in [0.1, 0.15) is 35.9 Å². The molecule has 2 heterocycles. The van der Waals surface area contributed by atoms with E-state index in [0.717, 1.165) is 43.9 Å². The highest BCUT2D eigenvalue weighted by molar-refractivity contribution is 5.92. The summed E-state index contributed by atoms with van der Waals surface area (Å²) in [5.41, 5.74) is 1.62. The predicted octanol–water partition coefficient (Wildman–Crippen LogP) is 3.14. The Labute approximate surface area is 148 Å². The van der Waals surface area contributed by atoms with Crippen LogP contribution < -0.4 is 4.74 Å². The number of ether oxygens (including phenoxy) is 1. The Hall–Kier alpha value is -2.30. The lowest BCUT2D eigenvalue weighted by molar-refractivity contribution is 0.0763. The van der Waals surface area contributed by atoms with E-state index in [2.05, 4.69) is 5.10 Å². The van der Waals surface area contributed by atoms with Gasteiger partial charge in [-0.15, -0.1) is 0 Å². The minimum Gasteiger partial charge on any atom is -0.490 e. The third-order valence-corrected chi connectivity index (χ3v) is 5.54. The zero-order valence-corrected chi connectivity index (χ0v) is 14.9. The summed E-state index contributed by atoms with van der Waals surface area (Å²) >= 11 is 0. The van der Waals surface area contributed by atoms with Crippen molar-refractivity contribution in [2.45, 2.75) is 39.3 Å². The van der Waals surface area contributed by atoms with Crippen LogP contribution in [-0.2, 0) is 6.54 Å². The van der Waals surface area contributed by atoms with Gasteiger partial charge in [0.15, 0.2) is 5.69 Å². The number of fused-ring (bicyclic) bond motifs is 1. The van der Waals surface area contributed by atoms with E-state index in [1.807, 2.05) is 59.8 Å². The minimum atomic E-state index is 0.0743. The largest absolute Gasteiger partial charge is 0.490 e. The molecule has 0 bridgehead atoms. The van der Waals surface area contributed by atoms with E-state index in [1.54, 1.807) is 0 Å². The number of aromatic nitrogens is 2. The van der Waals surface area contributed by atoms with Crippen molar-refractivity contribution in [3.8, 4) is 5.75 Å². The first-order valence-corrected chi connectivity index (χ1v) is 9.19. The maximum absolute atomic E-state index is 12.8. The summed E-state index contributed by atoms with van der Waals surface area (Å²) in [7, 11) is 0. The van der Waals surface area contributed by atoms with E-state index >= 15 is 0 Å². The Morgan fingerprint density at radius 3 is 2.48 bits per heavy atom. The van der Waals surface area contributed by atoms with E-state index in [0.29, 0.717) is 17.5 Å². The minimum absolute atomic E-state index is 0.0743. The zero-order chi connectivity index (χ0) is 17.4. The fourth-order valence-electron chi connectivity index (χ4n) is 4.29. The highest BCUT2D eigenvalue weighted by Crippen LogP contribution is 2.40. The SMILES string of the molecule is CCn1nc(C(=O)N2C[C@H]3CC(Oc4ccccc4)C[C@H]3C2)cc1C. The molecule has 1 amide bonds. The van der Waals surface area contributed by atoms with Gasteiger partial charge in [-0.3, -0.25) is 9.48 Å². The lowest BCUT2D eigenvalue weighted by atomic mass is 10.0. The number of hydrogen-bond acceptors (Lipinski definition) is 3. The van der Waals surface area contributed by atoms with Crippen LogP contribution in [-0.4, -0.2) is 39.8 Å². The molecule has 1 saturated carbocycles. The van der Waals surface area contributed by atoms with E-state index in [9.17, 15) is 4.79 Å². The third-order valence-electron chi connectivity index (χ3n) is 5.54. The van der Waals surface area contributed by atoms with Gasteiger partial charge in [0.2, 0.25) is 0 Å². The van der Waals surface area contributed by atoms with Crippen LogP contribution in [0.5, 0.6) is 5.75 Å². The second-order valence-corrected chi connectivity index (χ2v) is 7.24. The first-order chi connectivity index (χ1) is 12.1. The molecular formula is C20H25N3O2. The van der Waals surface area contributed by atoms with Gasteiger partial charge in [-0.2, -0.15) is 5.10 Å². The lowest BCUT2D eigenvalue weighted by Gasteiger charge is -2.19. The molecule has 5 nitrogen and oxygen atoms in total. The molecule has 1 aliphatic carbocycles. The van der Waals surface area contributed by atoms with Crippen molar-refractivity contribution in [1.29, 1.82) is 0 Å². The van der Waals surface area contributed by atoms with Crippen LogP contribution in [0, 0.1) is 18.8 Å². The summed E-state index contributed by atoms with van der Waals surface area (Å²) in [6.07, 6.45) is 2.34. The van der Waals surface area contributed by atoms with E-state index in [-0.39, 0.29) is 12.0 Å². The molecule has 2 aromatic rings. The first kappa shape index (κ1) is 16.2. The molecule has 0 N–H and O–H groups in total. The van der Waals surface area contributed by atoms with Crippen LogP contribution in [0.4, 0.5) is 0 Å². The van der Waals surface area contributed by atoms with Crippen molar-refractivity contribution in [2.24, 2.45) is 11.8 Å². The van der Waals surface area contributed by atoms with Crippen molar-refractivity contribution >= 4 is 5.91 Å². The topological polar surface area (TPSA) is 47.4 Å². The van der Waals surface area contributed by atoms with Gasteiger partial charge in [0.1, 0.15) is 5.75 Å². The smallest absolute Gasteiger partial charge is 0.274 e. The first-order valence-electron chi connectivity index (χ1n) is 9.19.